The summed E-state index contributed by atoms with van der Waals surface area (Å²) in [6.45, 7) is 4.13. The minimum absolute atomic E-state index is 0.294. The third kappa shape index (κ3) is 3.83. The Morgan fingerprint density at radius 1 is 1.09 bits per heavy atom. The van der Waals surface area contributed by atoms with Crippen LogP contribution in [0, 0.1) is 0 Å². The predicted octanol–water partition coefficient (Wildman–Crippen LogP) is 3.12. The van der Waals surface area contributed by atoms with E-state index >= 15 is 0 Å². The van der Waals surface area contributed by atoms with Crippen LogP contribution in [0.1, 0.15) is 20.1 Å². The zero-order valence-electron chi connectivity index (χ0n) is 20.1. The van der Waals surface area contributed by atoms with Gasteiger partial charge in [0.1, 0.15) is 54.3 Å². The van der Waals surface area contributed by atoms with Crippen LogP contribution in [0.15, 0.2) is 48.9 Å². The number of hydrogen-bond donors (Lipinski definition) is 1. The lowest BCUT2D eigenvalue weighted by Crippen LogP contribution is -2.33. The lowest BCUT2D eigenvalue weighted by atomic mass is 10.1. The van der Waals surface area contributed by atoms with Crippen LogP contribution in [0.5, 0.6) is 5.75 Å². The van der Waals surface area contributed by atoms with Gasteiger partial charge in [-0.25, -0.2) is 15.0 Å². The highest BCUT2D eigenvalue weighted by Gasteiger charge is 2.56. The quantitative estimate of drug-likeness (QED) is 0.464. The SMILES string of the molecule is CN(C)c1ncnc2c1ccn2[C@@H]1O[C@H](COc2ccc3ccc(N)nc3c2)C2OC(C)(C)O[C@H]21. The van der Waals surface area contributed by atoms with Crippen molar-refractivity contribution in [3.63, 3.8) is 0 Å². The number of ether oxygens (including phenoxy) is 4. The summed E-state index contributed by atoms with van der Waals surface area (Å²) in [6.07, 6.45) is 2.16. The van der Waals surface area contributed by atoms with E-state index in [1.165, 1.54) is 0 Å². The summed E-state index contributed by atoms with van der Waals surface area (Å²) in [6, 6.07) is 11.5. The standard InChI is InChI=1S/C25H28N6O4/c1-25(2)34-20-18(12-32-15-7-5-14-6-8-19(26)29-17(14)11-15)33-24(21(20)35-25)31-10-9-16-22(30(3)4)27-13-28-23(16)31/h5-11,13,18,20-21,24H,12H2,1-4H3,(H2,26,29)/t18-,20?,21-,24-/m1/s1. The van der Waals surface area contributed by atoms with Crippen molar-refractivity contribution in [2.75, 3.05) is 31.3 Å². The fourth-order valence-electron chi connectivity index (χ4n) is 4.92. The second kappa shape index (κ2) is 8.04. The minimum Gasteiger partial charge on any atom is -0.491 e. The van der Waals surface area contributed by atoms with E-state index in [0.29, 0.717) is 18.2 Å². The second-order valence-electron chi connectivity index (χ2n) is 9.58. The molecule has 182 valence electrons. The summed E-state index contributed by atoms with van der Waals surface area (Å²) >= 11 is 0. The van der Waals surface area contributed by atoms with Gasteiger partial charge < -0.3 is 34.1 Å². The molecule has 0 bridgehead atoms. The van der Waals surface area contributed by atoms with Crippen LogP contribution in [0.2, 0.25) is 0 Å². The van der Waals surface area contributed by atoms with E-state index in [0.717, 1.165) is 27.8 Å². The van der Waals surface area contributed by atoms with Gasteiger partial charge in [0.05, 0.1) is 10.9 Å². The summed E-state index contributed by atoms with van der Waals surface area (Å²) in [4.78, 5) is 15.3. The molecule has 10 heteroatoms. The topological polar surface area (TPSA) is 110 Å². The number of aromatic nitrogens is 4. The van der Waals surface area contributed by atoms with Gasteiger partial charge in [0.25, 0.3) is 0 Å². The normalized spacial score (nSPS) is 25.3. The first-order chi connectivity index (χ1) is 16.8. The van der Waals surface area contributed by atoms with Gasteiger partial charge in [-0.1, -0.05) is 0 Å². The molecule has 4 aromatic rings. The fourth-order valence-corrected chi connectivity index (χ4v) is 4.92. The first-order valence-corrected chi connectivity index (χ1v) is 11.6. The Balaban J connectivity index is 1.28. The van der Waals surface area contributed by atoms with Crippen molar-refractivity contribution in [1.82, 2.24) is 19.5 Å². The zero-order valence-corrected chi connectivity index (χ0v) is 20.1. The van der Waals surface area contributed by atoms with Gasteiger partial charge in [-0.2, -0.15) is 0 Å². The van der Waals surface area contributed by atoms with E-state index in [-0.39, 0.29) is 18.3 Å². The van der Waals surface area contributed by atoms with Crippen LogP contribution in [0.4, 0.5) is 11.6 Å². The smallest absolute Gasteiger partial charge is 0.164 e. The van der Waals surface area contributed by atoms with Gasteiger partial charge >= 0.3 is 0 Å². The maximum atomic E-state index is 6.48. The van der Waals surface area contributed by atoms with Crippen LogP contribution in [0.3, 0.4) is 0 Å². The van der Waals surface area contributed by atoms with Crippen LogP contribution >= 0.6 is 0 Å². The summed E-state index contributed by atoms with van der Waals surface area (Å²) in [5, 5.41) is 1.94. The molecule has 4 atom stereocenters. The van der Waals surface area contributed by atoms with Gasteiger partial charge in [-0.3, -0.25) is 0 Å². The average molecular weight is 477 g/mol. The highest BCUT2D eigenvalue weighted by molar-refractivity contribution is 5.87. The Morgan fingerprint density at radius 2 is 1.89 bits per heavy atom. The molecule has 35 heavy (non-hydrogen) atoms. The largest absolute Gasteiger partial charge is 0.491 e. The molecule has 5 heterocycles. The fraction of sp³-hybridized carbons (Fsp3) is 0.400. The van der Waals surface area contributed by atoms with E-state index in [9.17, 15) is 0 Å². The molecule has 6 rings (SSSR count). The molecule has 3 aromatic heterocycles. The average Bonchev–Trinajstić information content (AvgIpc) is 3.47. The zero-order chi connectivity index (χ0) is 24.3. The molecule has 0 radical (unpaired) electrons. The van der Waals surface area contributed by atoms with Gasteiger partial charge in [0.15, 0.2) is 12.0 Å². The van der Waals surface area contributed by atoms with Crippen LogP contribution < -0.4 is 15.4 Å². The minimum atomic E-state index is -0.729. The van der Waals surface area contributed by atoms with Crippen molar-refractivity contribution in [3.8, 4) is 5.75 Å². The highest BCUT2D eigenvalue weighted by atomic mass is 16.8. The van der Waals surface area contributed by atoms with Gasteiger partial charge in [-0.05, 0) is 44.2 Å². The number of pyridine rings is 1. The van der Waals surface area contributed by atoms with Crippen LogP contribution in [-0.4, -0.2) is 64.3 Å². The molecule has 0 spiro atoms. The van der Waals surface area contributed by atoms with Crippen molar-refractivity contribution in [2.45, 2.75) is 44.2 Å². The molecule has 1 aromatic carbocycles. The molecule has 2 fully saturated rings. The van der Waals surface area contributed by atoms with Crippen molar-refractivity contribution in [3.05, 3.63) is 48.9 Å². The van der Waals surface area contributed by atoms with Crippen LogP contribution in [-0.2, 0) is 14.2 Å². The van der Waals surface area contributed by atoms with Crippen molar-refractivity contribution >= 4 is 33.6 Å². The van der Waals surface area contributed by atoms with E-state index in [2.05, 4.69) is 15.0 Å². The molecular weight excluding hydrogens is 448 g/mol. The van der Waals surface area contributed by atoms with E-state index in [1.54, 1.807) is 12.4 Å². The Bertz CT molecular complexity index is 1400. The van der Waals surface area contributed by atoms with Crippen LogP contribution in [0.25, 0.3) is 21.9 Å². The Hall–Kier alpha value is -3.47. The third-order valence-corrected chi connectivity index (χ3v) is 6.41. The summed E-state index contributed by atoms with van der Waals surface area (Å²) in [7, 11) is 3.92. The molecular formula is C25H28N6O4. The monoisotopic (exact) mass is 476 g/mol. The summed E-state index contributed by atoms with van der Waals surface area (Å²) in [5.41, 5.74) is 7.40. The predicted molar refractivity (Wildman–Crippen MR) is 131 cm³/mol. The molecule has 0 amide bonds. The molecule has 2 aliphatic heterocycles. The Morgan fingerprint density at radius 3 is 2.71 bits per heavy atom. The van der Waals surface area contributed by atoms with Gasteiger partial charge in [0.2, 0.25) is 0 Å². The summed E-state index contributed by atoms with van der Waals surface area (Å²) in [5.74, 6) is 1.27. The molecule has 2 saturated heterocycles. The Kier molecular flexibility index (Phi) is 5.06. The number of rotatable bonds is 5. The lowest BCUT2D eigenvalue weighted by Gasteiger charge is -2.25. The maximum Gasteiger partial charge on any atom is 0.164 e. The molecule has 0 aliphatic carbocycles. The molecule has 10 nitrogen and oxygen atoms in total. The maximum absolute atomic E-state index is 6.48. The number of benzene rings is 1. The number of anilines is 2. The van der Waals surface area contributed by atoms with Crippen molar-refractivity contribution in [2.24, 2.45) is 0 Å². The molecule has 1 unspecified atom stereocenters. The van der Waals surface area contributed by atoms with E-state index < -0.39 is 12.0 Å². The molecule has 0 saturated carbocycles. The van der Waals surface area contributed by atoms with Gasteiger partial charge in [0, 0.05) is 31.7 Å². The van der Waals surface area contributed by atoms with E-state index in [4.69, 9.17) is 24.7 Å². The van der Waals surface area contributed by atoms with E-state index in [1.807, 2.05) is 73.9 Å². The molecule has 2 aliphatic rings. The second-order valence-corrected chi connectivity index (χ2v) is 9.58. The summed E-state index contributed by atoms with van der Waals surface area (Å²) < 4.78 is 27.2. The molecule has 2 N–H and O–H groups in total. The number of fused-ring (bicyclic) bond motifs is 3. The lowest BCUT2D eigenvalue weighted by molar-refractivity contribution is -0.198. The number of nitrogens with two attached hydrogens (primary N) is 1. The van der Waals surface area contributed by atoms with Crippen molar-refractivity contribution < 1.29 is 18.9 Å². The number of nitrogen functional groups attached to an aromatic ring is 1. The third-order valence-electron chi connectivity index (χ3n) is 6.41. The first kappa shape index (κ1) is 22.0. The van der Waals surface area contributed by atoms with Crippen molar-refractivity contribution in [1.29, 1.82) is 0 Å². The Labute approximate surface area is 202 Å². The van der Waals surface area contributed by atoms with Gasteiger partial charge in [-0.15, -0.1) is 0 Å². The first-order valence-electron chi connectivity index (χ1n) is 11.6. The number of nitrogens with zero attached hydrogens (tertiary/aromatic N) is 5. The number of hydrogen-bond acceptors (Lipinski definition) is 9. The highest BCUT2D eigenvalue weighted by Crippen LogP contribution is 2.44.